The lowest BCUT2D eigenvalue weighted by atomic mass is 9.79. The number of halogens is 3. The fourth-order valence-corrected chi connectivity index (χ4v) is 4.06. The molecular formula is C24H16F3N3O2. The third-order valence-electron chi connectivity index (χ3n) is 5.54. The van der Waals surface area contributed by atoms with E-state index in [4.69, 9.17) is 4.74 Å². The summed E-state index contributed by atoms with van der Waals surface area (Å²) in [7, 11) is 1.50. The number of carbonyl (C=O) groups excluding carboxylic acids is 1. The van der Waals surface area contributed by atoms with Gasteiger partial charge in [-0.25, -0.2) is 18.2 Å². The van der Waals surface area contributed by atoms with Crippen LogP contribution in [0.1, 0.15) is 22.6 Å². The highest BCUT2D eigenvalue weighted by Crippen LogP contribution is 2.40. The summed E-state index contributed by atoms with van der Waals surface area (Å²) in [5.41, 5.74) is 0.812. The smallest absolute Gasteiger partial charge is 0.280 e. The van der Waals surface area contributed by atoms with Crippen LogP contribution in [0.25, 0.3) is 0 Å². The number of para-hydroxylation sites is 1. The van der Waals surface area contributed by atoms with E-state index in [0.717, 1.165) is 22.7 Å². The van der Waals surface area contributed by atoms with Gasteiger partial charge in [0.2, 0.25) is 5.88 Å². The number of hydrogen-bond acceptors (Lipinski definition) is 4. The third-order valence-corrected chi connectivity index (χ3v) is 5.54. The molecule has 1 atom stereocenters. The minimum atomic E-state index is -0.702. The second kappa shape index (κ2) is 7.64. The van der Waals surface area contributed by atoms with Crippen molar-refractivity contribution in [3.8, 4) is 5.88 Å². The molecule has 2 aliphatic rings. The Hall–Kier alpha value is -3.94. The first-order chi connectivity index (χ1) is 15.5. The number of hydrogen-bond donors (Lipinski definition) is 0. The van der Waals surface area contributed by atoms with Gasteiger partial charge in [0.25, 0.3) is 5.91 Å². The number of amides is 1. The van der Waals surface area contributed by atoms with E-state index in [1.165, 1.54) is 25.3 Å². The molecule has 1 aliphatic heterocycles. The van der Waals surface area contributed by atoms with E-state index >= 15 is 0 Å². The maximum atomic E-state index is 14.9. The summed E-state index contributed by atoms with van der Waals surface area (Å²) in [6.45, 7) is 0. The zero-order valence-electron chi connectivity index (χ0n) is 16.8. The largest absolute Gasteiger partial charge is 0.481 e. The van der Waals surface area contributed by atoms with Gasteiger partial charge in [0.05, 0.1) is 12.7 Å². The number of methoxy groups -OCH3 is 1. The number of nitrogens with zero attached hydrogens (tertiary/aromatic N) is 3. The highest BCUT2D eigenvalue weighted by Gasteiger charge is 2.40. The monoisotopic (exact) mass is 435 g/mol. The standard InChI is InChI=1S/C24H16F3N3O2/c1-32-20-9-6-13(12-28-20)10-14-11-15-23(22-18(27)8-7-17(26)21(14)22)29-30(24(15)31)19-5-3-2-4-16(19)25/h2-9,11-12,14H,10H2,1H3. The molecule has 160 valence electrons. The Morgan fingerprint density at radius 1 is 1.00 bits per heavy atom. The maximum absolute atomic E-state index is 14.9. The molecule has 0 fully saturated rings. The summed E-state index contributed by atoms with van der Waals surface area (Å²) in [5, 5.41) is 5.08. The Bertz CT molecular complexity index is 1300. The number of carbonyl (C=O) groups is 1. The summed E-state index contributed by atoms with van der Waals surface area (Å²) in [4.78, 5) is 17.3. The Kier molecular flexibility index (Phi) is 4.77. The van der Waals surface area contributed by atoms with Crippen molar-refractivity contribution in [2.45, 2.75) is 12.3 Å². The molecule has 0 N–H and O–H groups in total. The van der Waals surface area contributed by atoms with Crippen LogP contribution in [0.15, 0.2) is 71.5 Å². The van der Waals surface area contributed by atoms with Gasteiger partial charge in [-0.1, -0.05) is 24.3 Å². The molecule has 0 radical (unpaired) electrons. The number of fused-ring (bicyclic) bond motifs is 3. The summed E-state index contributed by atoms with van der Waals surface area (Å²) in [6, 6.07) is 11.2. The molecule has 1 unspecified atom stereocenters. The van der Waals surface area contributed by atoms with Crippen molar-refractivity contribution in [3.63, 3.8) is 0 Å². The van der Waals surface area contributed by atoms with E-state index in [2.05, 4.69) is 10.1 Å². The van der Waals surface area contributed by atoms with Crippen LogP contribution in [0.5, 0.6) is 5.88 Å². The van der Waals surface area contributed by atoms with Crippen LogP contribution in [0, 0.1) is 17.5 Å². The number of ether oxygens (including phenoxy) is 1. The normalized spacial score (nSPS) is 16.9. The highest BCUT2D eigenvalue weighted by molar-refractivity contribution is 6.36. The Morgan fingerprint density at radius 2 is 1.78 bits per heavy atom. The van der Waals surface area contributed by atoms with Crippen molar-refractivity contribution in [2.24, 2.45) is 5.10 Å². The van der Waals surface area contributed by atoms with Gasteiger partial charge in [0, 0.05) is 29.3 Å². The maximum Gasteiger partial charge on any atom is 0.280 e. The average molecular weight is 435 g/mol. The number of benzene rings is 2. The van der Waals surface area contributed by atoms with Crippen molar-refractivity contribution in [1.82, 2.24) is 4.98 Å². The van der Waals surface area contributed by atoms with Crippen LogP contribution < -0.4 is 9.75 Å². The SMILES string of the molecule is COc1ccc(CC2C=C3C(=O)N(c4ccccc4F)N=C3c3c(F)ccc(F)c32)cn1. The van der Waals surface area contributed by atoms with E-state index in [1.807, 2.05) is 0 Å². The van der Waals surface area contributed by atoms with Gasteiger partial charge >= 0.3 is 0 Å². The molecule has 5 rings (SSSR count). The lowest BCUT2D eigenvalue weighted by molar-refractivity contribution is -0.114. The number of pyridine rings is 1. The second-order valence-electron chi connectivity index (χ2n) is 7.43. The first-order valence-electron chi connectivity index (χ1n) is 9.85. The molecular weight excluding hydrogens is 419 g/mol. The first kappa shape index (κ1) is 20.0. The Labute approximate surface area is 181 Å². The van der Waals surface area contributed by atoms with Crippen molar-refractivity contribution in [1.29, 1.82) is 0 Å². The minimum absolute atomic E-state index is 0.00522. The highest BCUT2D eigenvalue weighted by atomic mass is 19.1. The molecule has 1 aliphatic carbocycles. The predicted octanol–water partition coefficient (Wildman–Crippen LogP) is 4.52. The molecule has 1 amide bonds. The predicted molar refractivity (Wildman–Crippen MR) is 112 cm³/mol. The summed E-state index contributed by atoms with van der Waals surface area (Å²) in [5.74, 6) is -2.78. The topological polar surface area (TPSA) is 54.8 Å². The molecule has 0 saturated heterocycles. The van der Waals surface area contributed by atoms with Gasteiger partial charge in [0.1, 0.15) is 28.9 Å². The van der Waals surface area contributed by atoms with Gasteiger partial charge in [0.15, 0.2) is 0 Å². The minimum Gasteiger partial charge on any atom is -0.481 e. The Morgan fingerprint density at radius 3 is 2.50 bits per heavy atom. The van der Waals surface area contributed by atoms with Gasteiger partial charge in [-0.3, -0.25) is 4.79 Å². The van der Waals surface area contributed by atoms with E-state index in [0.29, 0.717) is 5.88 Å². The average Bonchev–Trinajstić information content (AvgIpc) is 3.13. The summed E-state index contributed by atoms with van der Waals surface area (Å²) in [6.07, 6.45) is 3.42. The van der Waals surface area contributed by atoms with Gasteiger partial charge in [-0.15, -0.1) is 0 Å². The molecule has 0 saturated carbocycles. The number of rotatable bonds is 4. The van der Waals surface area contributed by atoms with Crippen LogP contribution in [-0.2, 0) is 11.2 Å². The van der Waals surface area contributed by atoms with Crippen LogP contribution in [0.2, 0.25) is 0 Å². The van der Waals surface area contributed by atoms with E-state index < -0.39 is 29.3 Å². The van der Waals surface area contributed by atoms with Crippen LogP contribution in [0.4, 0.5) is 18.9 Å². The van der Waals surface area contributed by atoms with Crippen molar-refractivity contribution in [3.05, 3.63) is 101 Å². The zero-order chi connectivity index (χ0) is 22.4. The molecule has 2 heterocycles. The molecule has 5 nitrogen and oxygen atoms in total. The molecule has 3 aromatic rings. The number of hydrazone groups is 1. The third kappa shape index (κ3) is 3.15. The van der Waals surface area contributed by atoms with Crippen molar-refractivity contribution >= 4 is 17.3 Å². The van der Waals surface area contributed by atoms with E-state index in [9.17, 15) is 18.0 Å². The van der Waals surface area contributed by atoms with Gasteiger partial charge in [-0.05, 0) is 36.2 Å². The van der Waals surface area contributed by atoms with Gasteiger partial charge in [-0.2, -0.15) is 10.1 Å². The van der Waals surface area contributed by atoms with Crippen molar-refractivity contribution in [2.75, 3.05) is 12.1 Å². The van der Waals surface area contributed by atoms with Crippen LogP contribution in [0.3, 0.4) is 0 Å². The Balaban J connectivity index is 1.63. The molecule has 1 aromatic heterocycles. The number of aromatic nitrogens is 1. The molecule has 32 heavy (non-hydrogen) atoms. The quantitative estimate of drug-likeness (QED) is 0.605. The molecule has 2 aromatic carbocycles. The fourth-order valence-electron chi connectivity index (χ4n) is 4.06. The summed E-state index contributed by atoms with van der Waals surface area (Å²) < 4.78 is 49.2. The number of anilines is 1. The zero-order valence-corrected chi connectivity index (χ0v) is 16.8. The lowest BCUT2D eigenvalue weighted by Gasteiger charge is -2.24. The molecule has 8 heteroatoms. The lowest BCUT2D eigenvalue weighted by Crippen LogP contribution is -2.25. The van der Waals surface area contributed by atoms with E-state index in [1.54, 1.807) is 30.5 Å². The second-order valence-corrected chi connectivity index (χ2v) is 7.43. The number of allylic oxidation sites excluding steroid dienone is 1. The van der Waals surface area contributed by atoms with Gasteiger partial charge < -0.3 is 4.74 Å². The molecule has 0 spiro atoms. The fraction of sp³-hybridized carbons (Fsp3) is 0.125. The first-order valence-corrected chi connectivity index (χ1v) is 9.85. The van der Waals surface area contributed by atoms with Crippen LogP contribution in [-0.4, -0.2) is 23.7 Å². The van der Waals surface area contributed by atoms with Crippen LogP contribution >= 0.6 is 0 Å². The van der Waals surface area contributed by atoms with E-state index in [-0.39, 0.29) is 34.5 Å². The summed E-state index contributed by atoms with van der Waals surface area (Å²) >= 11 is 0. The van der Waals surface area contributed by atoms with Crippen molar-refractivity contribution < 1.29 is 22.7 Å². The molecule has 0 bridgehead atoms.